The number of benzene rings is 6. The van der Waals surface area contributed by atoms with Gasteiger partial charge in [-0.25, -0.2) is 0 Å². The summed E-state index contributed by atoms with van der Waals surface area (Å²) in [6, 6.07) is 55.7. The van der Waals surface area contributed by atoms with Crippen LogP contribution in [0.1, 0.15) is 93.7 Å². The van der Waals surface area contributed by atoms with Crippen molar-refractivity contribution in [3.63, 3.8) is 0 Å². The van der Waals surface area contributed by atoms with Crippen LogP contribution in [0.25, 0.3) is 0 Å². The Morgan fingerprint density at radius 1 is 0.643 bits per heavy atom. The number of carbonyl (C=O) groups is 1. The molecule has 0 N–H and O–H groups in total. The number of hydrogen-bond acceptors (Lipinski definition) is 3. The van der Waals surface area contributed by atoms with Crippen molar-refractivity contribution in [1.82, 2.24) is 0 Å². The lowest BCUT2D eigenvalue weighted by Crippen LogP contribution is -2.11. The van der Waals surface area contributed by atoms with Crippen molar-refractivity contribution in [2.45, 2.75) is 64.2 Å². The van der Waals surface area contributed by atoms with E-state index in [1.165, 1.54) is 33.4 Å². The predicted molar refractivity (Wildman–Crippen MR) is 232 cm³/mol. The van der Waals surface area contributed by atoms with Gasteiger partial charge in [-0.15, -0.1) is 0 Å². The molecular weight excluding hydrogens is 685 g/mol. The van der Waals surface area contributed by atoms with Gasteiger partial charge >= 0.3 is 0 Å². The molecule has 0 aliphatic carbocycles. The number of ether oxygens (including phenoxy) is 2. The molecule has 0 amide bonds. The summed E-state index contributed by atoms with van der Waals surface area (Å²) in [5.74, 6) is 2.58. The van der Waals surface area contributed by atoms with Gasteiger partial charge < -0.3 is 9.47 Å². The number of ketones is 1. The fraction of sp³-hybridized carbons (Fsp3) is 0.226. The summed E-state index contributed by atoms with van der Waals surface area (Å²) in [4.78, 5) is 13.1. The molecule has 0 spiro atoms. The van der Waals surface area contributed by atoms with Crippen LogP contribution in [0.3, 0.4) is 0 Å². The minimum Gasteiger partial charge on any atom is -0.497 e. The standard InChI is InChI=1S/C53H54O3/c1-5-13-47(53(54)48-26-19-39(2)20-27-48)18-12-37-56-51-35-31-46(32-36-51)52(45-16-10-7-11-17-45)40(3)43-28-21-41(22-29-43)23-30-49(44-14-8-6-9-15-44)38-42-24-33-50(55-4)34-25-42/h6-22,24-29,31-36,40,49,52H,5,23,30,37-38H2,1-4H3. The SMILES string of the molecule is CCC=C(C=CCOc1ccc(C(c2ccccc2)C(C)c2ccc(CCC(Cc3ccc(OC)cc3)c3ccccc3)cc2)cc1)C(=O)c1ccc(C)cc1. The second-order valence-electron chi connectivity index (χ2n) is 14.7. The molecule has 0 saturated heterocycles. The molecule has 0 saturated carbocycles. The van der Waals surface area contributed by atoms with E-state index in [2.05, 4.69) is 140 Å². The van der Waals surface area contributed by atoms with Crippen LogP contribution in [0.15, 0.2) is 182 Å². The number of hydrogen-bond donors (Lipinski definition) is 0. The van der Waals surface area contributed by atoms with Gasteiger partial charge in [-0.05, 0) is 108 Å². The molecule has 0 fully saturated rings. The largest absolute Gasteiger partial charge is 0.497 e. The number of methoxy groups -OCH3 is 1. The van der Waals surface area contributed by atoms with Crippen LogP contribution in [0, 0.1) is 6.92 Å². The van der Waals surface area contributed by atoms with E-state index < -0.39 is 0 Å². The first-order chi connectivity index (χ1) is 27.4. The molecule has 6 aromatic rings. The van der Waals surface area contributed by atoms with Gasteiger partial charge in [0.25, 0.3) is 0 Å². The number of allylic oxidation sites excluding steroid dienone is 3. The summed E-state index contributed by atoms with van der Waals surface area (Å²) in [5, 5.41) is 0. The molecule has 3 atom stereocenters. The molecular formula is C53H54O3. The Bertz CT molecular complexity index is 2150. The van der Waals surface area contributed by atoms with E-state index in [4.69, 9.17) is 9.47 Å². The van der Waals surface area contributed by atoms with E-state index in [0.717, 1.165) is 42.7 Å². The van der Waals surface area contributed by atoms with Crippen molar-refractivity contribution >= 4 is 5.78 Å². The van der Waals surface area contributed by atoms with E-state index in [0.29, 0.717) is 23.7 Å². The van der Waals surface area contributed by atoms with Gasteiger partial charge in [-0.1, -0.05) is 165 Å². The zero-order valence-corrected chi connectivity index (χ0v) is 33.2. The molecule has 0 heterocycles. The number of Topliss-reactive ketones (excluding diaryl/α,β-unsaturated/α-hetero) is 1. The van der Waals surface area contributed by atoms with Crippen LogP contribution in [0.2, 0.25) is 0 Å². The van der Waals surface area contributed by atoms with Gasteiger partial charge in [0.1, 0.15) is 18.1 Å². The van der Waals surface area contributed by atoms with Crippen molar-refractivity contribution in [2.24, 2.45) is 0 Å². The van der Waals surface area contributed by atoms with Gasteiger partial charge in [-0.3, -0.25) is 4.79 Å². The fourth-order valence-corrected chi connectivity index (χ4v) is 7.53. The Morgan fingerprint density at radius 3 is 1.84 bits per heavy atom. The lowest BCUT2D eigenvalue weighted by atomic mass is 9.78. The number of aryl methyl sites for hydroxylation is 2. The molecule has 3 heteroatoms. The first-order valence-corrected chi connectivity index (χ1v) is 19.9. The molecule has 0 aliphatic rings. The van der Waals surface area contributed by atoms with Crippen LogP contribution >= 0.6 is 0 Å². The maximum absolute atomic E-state index is 13.1. The number of carbonyl (C=O) groups excluding carboxylic acids is 1. The Morgan fingerprint density at radius 2 is 1.21 bits per heavy atom. The van der Waals surface area contributed by atoms with Crippen molar-refractivity contribution < 1.29 is 14.3 Å². The Labute approximate surface area is 334 Å². The third-order valence-corrected chi connectivity index (χ3v) is 10.7. The monoisotopic (exact) mass is 738 g/mol. The van der Waals surface area contributed by atoms with Crippen LogP contribution in [-0.2, 0) is 12.8 Å². The second-order valence-corrected chi connectivity index (χ2v) is 14.7. The molecule has 6 aromatic carbocycles. The highest BCUT2D eigenvalue weighted by Gasteiger charge is 2.23. The molecule has 0 aromatic heterocycles. The minimum absolute atomic E-state index is 0.0284. The normalized spacial score (nSPS) is 13.2. The molecule has 56 heavy (non-hydrogen) atoms. The summed E-state index contributed by atoms with van der Waals surface area (Å²) in [5.41, 5.74) is 10.4. The lowest BCUT2D eigenvalue weighted by Gasteiger charge is -2.26. The van der Waals surface area contributed by atoms with Crippen LogP contribution < -0.4 is 9.47 Å². The van der Waals surface area contributed by atoms with Crippen LogP contribution in [0.5, 0.6) is 11.5 Å². The van der Waals surface area contributed by atoms with Crippen molar-refractivity contribution in [1.29, 1.82) is 0 Å². The fourth-order valence-electron chi connectivity index (χ4n) is 7.53. The first kappa shape index (κ1) is 39.8. The van der Waals surface area contributed by atoms with Crippen molar-refractivity contribution in [2.75, 3.05) is 13.7 Å². The van der Waals surface area contributed by atoms with Crippen molar-refractivity contribution in [3.8, 4) is 11.5 Å². The summed E-state index contributed by atoms with van der Waals surface area (Å²) < 4.78 is 11.5. The topological polar surface area (TPSA) is 35.5 Å². The second kappa shape index (κ2) is 20.1. The third kappa shape index (κ3) is 10.9. The van der Waals surface area contributed by atoms with E-state index in [9.17, 15) is 4.79 Å². The molecule has 284 valence electrons. The molecule has 0 radical (unpaired) electrons. The zero-order valence-electron chi connectivity index (χ0n) is 33.2. The maximum Gasteiger partial charge on any atom is 0.192 e. The molecule has 6 rings (SSSR count). The zero-order chi connectivity index (χ0) is 39.1. The molecule has 3 nitrogen and oxygen atoms in total. The average Bonchev–Trinajstić information content (AvgIpc) is 3.25. The summed E-state index contributed by atoms with van der Waals surface area (Å²) in [6.07, 6.45) is 9.64. The molecule has 0 bridgehead atoms. The highest BCUT2D eigenvalue weighted by Crippen LogP contribution is 2.39. The average molecular weight is 739 g/mol. The highest BCUT2D eigenvalue weighted by molar-refractivity contribution is 6.10. The van der Waals surface area contributed by atoms with Crippen LogP contribution in [0.4, 0.5) is 0 Å². The van der Waals surface area contributed by atoms with Gasteiger partial charge in [0.15, 0.2) is 5.78 Å². The third-order valence-electron chi connectivity index (χ3n) is 10.7. The Hall–Kier alpha value is -5.93. The predicted octanol–water partition coefficient (Wildman–Crippen LogP) is 13.1. The summed E-state index contributed by atoms with van der Waals surface area (Å²) in [6.45, 7) is 6.78. The van der Waals surface area contributed by atoms with Gasteiger partial charge in [-0.2, -0.15) is 0 Å². The summed E-state index contributed by atoms with van der Waals surface area (Å²) >= 11 is 0. The lowest BCUT2D eigenvalue weighted by molar-refractivity contribution is 0.103. The van der Waals surface area contributed by atoms with Crippen LogP contribution in [-0.4, -0.2) is 19.5 Å². The maximum atomic E-state index is 13.1. The van der Waals surface area contributed by atoms with Gasteiger partial charge in [0, 0.05) is 17.1 Å². The quantitative estimate of drug-likeness (QED) is 0.0500. The smallest absolute Gasteiger partial charge is 0.192 e. The molecule has 0 aliphatic heterocycles. The van der Waals surface area contributed by atoms with E-state index in [-0.39, 0.29) is 17.6 Å². The summed E-state index contributed by atoms with van der Waals surface area (Å²) in [7, 11) is 1.71. The van der Waals surface area contributed by atoms with E-state index in [1.54, 1.807) is 7.11 Å². The van der Waals surface area contributed by atoms with Gasteiger partial charge in [0.05, 0.1) is 7.11 Å². The minimum atomic E-state index is 0.0284. The Kier molecular flexibility index (Phi) is 14.3. The van der Waals surface area contributed by atoms with E-state index >= 15 is 0 Å². The molecule has 3 unspecified atom stereocenters. The highest BCUT2D eigenvalue weighted by atomic mass is 16.5. The number of rotatable bonds is 18. The Balaban J connectivity index is 1.11. The van der Waals surface area contributed by atoms with Crippen molar-refractivity contribution in [3.05, 3.63) is 226 Å². The van der Waals surface area contributed by atoms with Gasteiger partial charge in [0.2, 0.25) is 0 Å². The van der Waals surface area contributed by atoms with E-state index in [1.807, 2.05) is 56.3 Å². The first-order valence-electron chi connectivity index (χ1n) is 19.9.